The van der Waals surface area contributed by atoms with E-state index < -0.39 is 5.97 Å². The van der Waals surface area contributed by atoms with Crippen molar-refractivity contribution in [2.45, 2.75) is 32.6 Å². The zero-order valence-electron chi connectivity index (χ0n) is 17.7. The number of unbranched alkanes of at least 4 members (excludes halogenated alkanes) is 3. The summed E-state index contributed by atoms with van der Waals surface area (Å²) in [6.45, 7) is 6.14. The number of aromatic carboxylic acids is 1. The standard InChI is InChI=1S/C17H22O5.C7H6N2/c1-13(2)17(20)22-12-6-4-3-5-11-21-15-9-7-14(8-10-15)16(18)19;8-5-6-1-3-7(9)4-2-6/h7-10H,1,3-6,11-12H2,2H3,(H,18,19);1-4H,9H2. The van der Waals surface area contributed by atoms with E-state index in [4.69, 9.17) is 25.6 Å². The number of rotatable bonds is 10. The van der Waals surface area contributed by atoms with Gasteiger partial charge in [-0.25, -0.2) is 9.59 Å². The van der Waals surface area contributed by atoms with E-state index in [0.717, 1.165) is 25.7 Å². The third kappa shape index (κ3) is 11.1. The minimum atomic E-state index is -0.945. The molecule has 31 heavy (non-hydrogen) atoms. The molecule has 164 valence electrons. The minimum Gasteiger partial charge on any atom is -0.494 e. The number of ether oxygens (including phenoxy) is 2. The van der Waals surface area contributed by atoms with Gasteiger partial charge in [0, 0.05) is 11.3 Å². The molecule has 0 unspecified atom stereocenters. The number of anilines is 1. The van der Waals surface area contributed by atoms with E-state index in [1.54, 1.807) is 43.3 Å². The molecule has 0 aliphatic heterocycles. The highest BCUT2D eigenvalue weighted by molar-refractivity contribution is 5.87. The zero-order valence-corrected chi connectivity index (χ0v) is 17.7. The number of carbonyl (C=O) groups is 2. The highest BCUT2D eigenvalue weighted by Gasteiger charge is 2.03. The van der Waals surface area contributed by atoms with E-state index in [1.807, 2.05) is 6.07 Å². The molecule has 0 atom stereocenters. The van der Waals surface area contributed by atoms with Gasteiger partial charge in [-0.05, 0) is 81.1 Å². The zero-order chi connectivity index (χ0) is 23.1. The van der Waals surface area contributed by atoms with Crippen LogP contribution in [-0.2, 0) is 9.53 Å². The van der Waals surface area contributed by atoms with Gasteiger partial charge in [0.2, 0.25) is 0 Å². The molecule has 0 saturated heterocycles. The van der Waals surface area contributed by atoms with E-state index in [2.05, 4.69) is 6.58 Å². The molecule has 0 fully saturated rings. The van der Waals surface area contributed by atoms with Gasteiger partial charge in [0.05, 0.1) is 30.4 Å². The quantitative estimate of drug-likeness (QED) is 0.248. The number of nitriles is 1. The van der Waals surface area contributed by atoms with Crippen molar-refractivity contribution in [2.75, 3.05) is 18.9 Å². The fourth-order valence-corrected chi connectivity index (χ4v) is 2.29. The van der Waals surface area contributed by atoms with Crippen molar-refractivity contribution in [3.8, 4) is 11.8 Å². The summed E-state index contributed by atoms with van der Waals surface area (Å²) in [6.07, 6.45) is 3.67. The second-order valence-electron chi connectivity index (χ2n) is 6.74. The number of hydrogen-bond donors (Lipinski definition) is 2. The topological polar surface area (TPSA) is 123 Å². The molecule has 3 N–H and O–H groups in total. The summed E-state index contributed by atoms with van der Waals surface area (Å²) in [5.74, 6) is -0.618. The van der Waals surface area contributed by atoms with Gasteiger partial charge in [-0.1, -0.05) is 6.58 Å². The Hall–Kier alpha value is -3.79. The van der Waals surface area contributed by atoms with Crippen LogP contribution in [0, 0.1) is 11.3 Å². The monoisotopic (exact) mass is 424 g/mol. The number of carboxylic acid groups (broad SMARTS) is 1. The molecular weight excluding hydrogens is 396 g/mol. The van der Waals surface area contributed by atoms with Crippen molar-refractivity contribution < 1.29 is 24.2 Å². The lowest BCUT2D eigenvalue weighted by Crippen LogP contribution is -2.06. The molecule has 0 bridgehead atoms. The van der Waals surface area contributed by atoms with Crippen LogP contribution in [0.5, 0.6) is 5.75 Å². The molecule has 2 aromatic carbocycles. The molecule has 0 aliphatic carbocycles. The number of nitrogens with two attached hydrogens (primary N) is 1. The Balaban J connectivity index is 0.000000442. The molecule has 2 aromatic rings. The highest BCUT2D eigenvalue weighted by Crippen LogP contribution is 2.13. The molecule has 2 rings (SSSR count). The first-order valence-electron chi connectivity index (χ1n) is 9.88. The second-order valence-corrected chi connectivity index (χ2v) is 6.74. The molecule has 0 amide bonds. The molecule has 0 saturated carbocycles. The maximum atomic E-state index is 11.1. The average molecular weight is 424 g/mol. The summed E-state index contributed by atoms with van der Waals surface area (Å²) in [4.78, 5) is 21.8. The van der Waals surface area contributed by atoms with Gasteiger partial charge in [-0.2, -0.15) is 5.26 Å². The van der Waals surface area contributed by atoms with Crippen LogP contribution in [0.15, 0.2) is 60.7 Å². The first-order valence-corrected chi connectivity index (χ1v) is 9.88. The van der Waals surface area contributed by atoms with Crippen molar-refractivity contribution in [2.24, 2.45) is 0 Å². The van der Waals surface area contributed by atoms with Gasteiger partial charge in [0.15, 0.2) is 0 Å². The Morgan fingerprint density at radius 3 is 2.10 bits per heavy atom. The van der Waals surface area contributed by atoms with E-state index in [9.17, 15) is 9.59 Å². The lowest BCUT2D eigenvalue weighted by Gasteiger charge is -2.07. The molecule has 7 nitrogen and oxygen atoms in total. The largest absolute Gasteiger partial charge is 0.494 e. The fraction of sp³-hybridized carbons (Fsp3) is 0.292. The summed E-state index contributed by atoms with van der Waals surface area (Å²) < 4.78 is 10.5. The number of hydrogen-bond acceptors (Lipinski definition) is 6. The van der Waals surface area contributed by atoms with Crippen LogP contribution in [0.1, 0.15) is 48.5 Å². The third-order valence-corrected chi connectivity index (χ3v) is 4.03. The predicted octanol–water partition coefficient (Wildman–Crippen LogP) is 4.58. The van der Waals surface area contributed by atoms with Gasteiger partial charge in [0.25, 0.3) is 0 Å². The third-order valence-electron chi connectivity index (χ3n) is 4.03. The smallest absolute Gasteiger partial charge is 0.335 e. The predicted molar refractivity (Wildman–Crippen MR) is 119 cm³/mol. The number of esters is 1. The first-order chi connectivity index (χ1) is 14.8. The SMILES string of the molecule is C=C(C)C(=O)OCCCCCCOc1ccc(C(=O)O)cc1.N#Cc1ccc(N)cc1. The first kappa shape index (κ1) is 25.2. The van der Waals surface area contributed by atoms with Crippen LogP contribution in [0.4, 0.5) is 5.69 Å². The molecule has 0 aromatic heterocycles. The van der Waals surface area contributed by atoms with Crippen molar-refractivity contribution in [3.05, 3.63) is 71.8 Å². The maximum absolute atomic E-state index is 11.1. The number of nitrogens with zero attached hydrogens (tertiary/aromatic N) is 1. The summed E-state index contributed by atoms with van der Waals surface area (Å²) in [6, 6.07) is 15.1. The van der Waals surface area contributed by atoms with Crippen LogP contribution in [0.2, 0.25) is 0 Å². The van der Waals surface area contributed by atoms with E-state index in [-0.39, 0.29) is 11.5 Å². The lowest BCUT2D eigenvalue weighted by molar-refractivity contribution is -0.139. The van der Waals surface area contributed by atoms with Crippen LogP contribution in [0.25, 0.3) is 0 Å². The van der Waals surface area contributed by atoms with Gasteiger partial charge < -0.3 is 20.3 Å². The number of nitrogen functional groups attached to an aromatic ring is 1. The van der Waals surface area contributed by atoms with Crippen LogP contribution in [0.3, 0.4) is 0 Å². The lowest BCUT2D eigenvalue weighted by atomic mass is 10.2. The molecule has 0 spiro atoms. The summed E-state index contributed by atoms with van der Waals surface area (Å²) in [5, 5.41) is 17.1. The maximum Gasteiger partial charge on any atom is 0.335 e. The summed E-state index contributed by atoms with van der Waals surface area (Å²) in [5.41, 5.74) is 7.37. The fourth-order valence-electron chi connectivity index (χ4n) is 2.29. The van der Waals surface area contributed by atoms with E-state index >= 15 is 0 Å². The Bertz CT molecular complexity index is 884. The molecular formula is C24H28N2O5. The van der Waals surface area contributed by atoms with Gasteiger partial charge in [-0.15, -0.1) is 0 Å². The number of carboxylic acids is 1. The number of benzene rings is 2. The Labute approximate surface area is 182 Å². The van der Waals surface area contributed by atoms with Crippen LogP contribution in [-0.4, -0.2) is 30.3 Å². The Morgan fingerprint density at radius 2 is 1.58 bits per heavy atom. The number of carbonyl (C=O) groups excluding carboxylic acids is 1. The second kappa shape index (κ2) is 14.2. The summed E-state index contributed by atoms with van der Waals surface area (Å²) in [7, 11) is 0. The Kier molecular flexibility index (Phi) is 11.6. The molecule has 0 aliphatic rings. The van der Waals surface area contributed by atoms with Crippen LogP contribution >= 0.6 is 0 Å². The summed E-state index contributed by atoms with van der Waals surface area (Å²) >= 11 is 0. The normalized spacial score (nSPS) is 9.55. The minimum absolute atomic E-state index is 0.247. The Morgan fingerprint density at radius 1 is 1.00 bits per heavy atom. The van der Waals surface area contributed by atoms with Crippen molar-refractivity contribution in [1.82, 2.24) is 0 Å². The molecule has 7 heteroatoms. The molecule has 0 radical (unpaired) electrons. The molecule has 0 heterocycles. The van der Waals surface area contributed by atoms with E-state index in [0.29, 0.717) is 35.8 Å². The average Bonchev–Trinajstić information content (AvgIpc) is 2.76. The van der Waals surface area contributed by atoms with E-state index in [1.165, 1.54) is 12.1 Å². The van der Waals surface area contributed by atoms with Crippen molar-refractivity contribution in [1.29, 1.82) is 5.26 Å². The highest BCUT2D eigenvalue weighted by atomic mass is 16.5. The van der Waals surface area contributed by atoms with Gasteiger partial charge in [0.1, 0.15) is 5.75 Å². The van der Waals surface area contributed by atoms with Crippen LogP contribution < -0.4 is 10.5 Å². The van der Waals surface area contributed by atoms with Crippen molar-refractivity contribution >= 4 is 17.6 Å². The van der Waals surface area contributed by atoms with Gasteiger partial charge >= 0.3 is 11.9 Å². The van der Waals surface area contributed by atoms with Gasteiger partial charge in [-0.3, -0.25) is 0 Å². The van der Waals surface area contributed by atoms with Crippen molar-refractivity contribution in [3.63, 3.8) is 0 Å².